The zero-order valence-corrected chi connectivity index (χ0v) is 18.4. The predicted molar refractivity (Wildman–Crippen MR) is 129 cm³/mol. The molecular formula is C26H21N3O3S. The fourth-order valence-corrected chi connectivity index (χ4v) is 4.34. The van der Waals surface area contributed by atoms with Gasteiger partial charge in [0.15, 0.2) is 0 Å². The standard InChI is InChI=1S/C26H21N3O3S/c27-24(31)23(30)21(15-17-9-3-1-4-10-17)28-25(32)19-13-7-8-14-20(19)26-29-22(16-33-26)18-11-5-2-6-12-18/h1-14,16,21H,15H2,(H2,27,31)(H,28,32). The monoisotopic (exact) mass is 455 g/mol. The van der Waals surface area contributed by atoms with Crippen LogP contribution in [0.15, 0.2) is 90.3 Å². The molecule has 6 nitrogen and oxygen atoms in total. The molecule has 0 spiro atoms. The van der Waals surface area contributed by atoms with Crippen LogP contribution in [0.5, 0.6) is 0 Å². The van der Waals surface area contributed by atoms with Crippen LogP contribution in [0, 0.1) is 0 Å². The molecule has 0 fully saturated rings. The van der Waals surface area contributed by atoms with Crippen LogP contribution in [0.4, 0.5) is 0 Å². The minimum absolute atomic E-state index is 0.159. The number of nitrogens with zero attached hydrogens (tertiary/aromatic N) is 1. The second-order valence-electron chi connectivity index (χ2n) is 7.39. The first-order valence-electron chi connectivity index (χ1n) is 10.3. The van der Waals surface area contributed by atoms with E-state index in [0.29, 0.717) is 16.1 Å². The number of Topliss-reactive ketones (excluding diaryl/α,β-unsaturated/α-hetero) is 1. The number of nitrogens with one attached hydrogen (secondary N) is 1. The van der Waals surface area contributed by atoms with Crippen LogP contribution in [-0.4, -0.2) is 28.6 Å². The van der Waals surface area contributed by atoms with E-state index in [1.165, 1.54) is 11.3 Å². The largest absolute Gasteiger partial charge is 0.363 e. The number of hydrogen-bond acceptors (Lipinski definition) is 5. The summed E-state index contributed by atoms with van der Waals surface area (Å²) in [5, 5.41) is 5.32. The summed E-state index contributed by atoms with van der Waals surface area (Å²) in [7, 11) is 0. The molecule has 0 aliphatic rings. The first kappa shape index (κ1) is 22.1. The van der Waals surface area contributed by atoms with Gasteiger partial charge >= 0.3 is 0 Å². The van der Waals surface area contributed by atoms with Crippen molar-refractivity contribution in [3.8, 4) is 21.8 Å². The van der Waals surface area contributed by atoms with Crippen LogP contribution in [-0.2, 0) is 16.0 Å². The van der Waals surface area contributed by atoms with Gasteiger partial charge in [-0.3, -0.25) is 14.4 Å². The fraction of sp³-hybridized carbons (Fsp3) is 0.0769. The lowest BCUT2D eigenvalue weighted by atomic mass is 10.0. The van der Waals surface area contributed by atoms with Gasteiger partial charge in [0.2, 0.25) is 5.78 Å². The van der Waals surface area contributed by atoms with Crippen LogP contribution >= 0.6 is 11.3 Å². The smallest absolute Gasteiger partial charge is 0.287 e. The van der Waals surface area contributed by atoms with Gasteiger partial charge in [0.1, 0.15) is 11.0 Å². The van der Waals surface area contributed by atoms with Gasteiger partial charge in [0.05, 0.1) is 5.69 Å². The van der Waals surface area contributed by atoms with E-state index in [4.69, 9.17) is 10.7 Å². The molecule has 7 heteroatoms. The molecule has 3 aromatic carbocycles. The van der Waals surface area contributed by atoms with Gasteiger partial charge in [-0.2, -0.15) is 0 Å². The topological polar surface area (TPSA) is 102 Å². The zero-order chi connectivity index (χ0) is 23.2. The number of carbonyl (C=O) groups excluding carboxylic acids is 3. The van der Waals surface area contributed by atoms with Crippen molar-refractivity contribution in [3.05, 3.63) is 101 Å². The molecule has 0 radical (unpaired) electrons. The second-order valence-corrected chi connectivity index (χ2v) is 8.25. The van der Waals surface area contributed by atoms with E-state index in [9.17, 15) is 14.4 Å². The highest BCUT2D eigenvalue weighted by Crippen LogP contribution is 2.31. The van der Waals surface area contributed by atoms with Crippen molar-refractivity contribution in [3.63, 3.8) is 0 Å². The van der Waals surface area contributed by atoms with E-state index < -0.39 is 23.6 Å². The Morgan fingerprint density at radius 3 is 2.21 bits per heavy atom. The number of benzene rings is 3. The van der Waals surface area contributed by atoms with E-state index in [1.54, 1.807) is 12.1 Å². The van der Waals surface area contributed by atoms with Crippen molar-refractivity contribution in [2.24, 2.45) is 5.73 Å². The normalized spacial score (nSPS) is 11.5. The van der Waals surface area contributed by atoms with Crippen molar-refractivity contribution >= 4 is 28.9 Å². The Morgan fingerprint density at radius 2 is 1.52 bits per heavy atom. The second kappa shape index (κ2) is 10.0. The summed E-state index contributed by atoms with van der Waals surface area (Å²) < 4.78 is 0. The molecule has 2 amide bonds. The lowest BCUT2D eigenvalue weighted by molar-refractivity contribution is -0.137. The van der Waals surface area contributed by atoms with Crippen LogP contribution < -0.4 is 11.1 Å². The van der Waals surface area contributed by atoms with Crippen molar-refractivity contribution in [2.75, 3.05) is 0 Å². The third-order valence-electron chi connectivity index (χ3n) is 5.12. The summed E-state index contributed by atoms with van der Waals surface area (Å²) in [6.45, 7) is 0. The molecule has 3 N–H and O–H groups in total. The number of primary amides is 1. The molecule has 0 saturated heterocycles. The summed E-state index contributed by atoms with van der Waals surface area (Å²) in [5.41, 5.74) is 8.85. The maximum Gasteiger partial charge on any atom is 0.287 e. The van der Waals surface area contributed by atoms with Gasteiger partial charge in [-0.25, -0.2) is 4.98 Å². The predicted octanol–water partition coefficient (Wildman–Crippen LogP) is 3.87. The van der Waals surface area contributed by atoms with E-state index in [-0.39, 0.29) is 6.42 Å². The van der Waals surface area contributed by atoms with E-state index >= 15 is 0 Å². The average Bonchev–Trinajstić information content (AvgIpc) is 3.34. The highest BCUT2D eigenvalue weighted by Gasteiger charge is 2.27. The summed E-state index contributed by atoms with van der Waals surface area (Å²) in [5.74, 6) is -2.40. The third kappa shape index (κ3) is 5.22. The molecule has 0 aliphatic carbocycles. The summed E-state index contributed by atoms with van der Waals surface area (Å²) in [6.07, 6.45) is 0.159. The Hall–Kier alpha value is -4.10. The maximum atomic E-state index is 13.2. The summed E-state index contributed by atoms with van der Waals surface area (Å²) in [6, 6.07) is 24.9. The first-order chi connectivity index (χ1) is 16.0. The molecule has 164 valence electrons. The number of nitrogens with two attached hydrogens (primary N) is 1. The zero-order valence-electron chi connectivity index (χ0n) is 17.6. The van der Waals surface area contributed by atoms with Crippen LogP contribution in [0.25, 0.3) is 21.8 Å². The van der Waals surface area contributed by atoms with Gasteiger partial charge in [0, 0.05) is 28.5 Å². The van der Waals surface area contributed by atoms with Gasteiger partial charge in [0.25, 0.3) is 11.8 Å². The lowest BCUT2D eigenvalue weighted by Gasteiger charge is -2.17. The van der Waals surface area contributed by atoms with Crippen molar-refractivity contribution in [1.82, 2.24) is 10.3 Å². The van der Waals surface area contributed by atoms with E-state index in [1.807, 2.05) is 78.2 Å². The number of thiazole rings is 1. The SMILES string of the molecule is NC(=O)C(=O)C(Cc1ccccc1)NC(=O)c1ccccc1-c1nc(-c2ccccc2)cs1. The minimum atomic E-state index is -1.09. The number of ketones is 1. The Morgan fingerprint density at radius 1 is 0.879 bits per heavy atom. The number of amides is 2. The third-order valence-corrected chi connectivity index (χ3v) is 6.00. The summed E-state index contributed by atoms with van der Waals surface area (Å²) >= 11 is 1.43. The van der Waals surface area contributed by atoms with Gasteiger partial charge in [-0.05, 0) is 11.6 Å². The number of hydrogen-bond donors (Lipinski definition) is 2. The lowest BCUT2D eigenvalue weighted by Crippen LogP contribution is -2.47. The number of carbonyl (C=O) groups is 3. The minimum Gasteiger partial charge on any atom is -0.363 e. The molecule has 0 saturated carbocycles. The molecule has 1 atom stereocenters. The van der Waals surface area contributed by atoms with Gasteiger partial charge in [-0.1, -0.05) is 78.9 Å². The maximum absolute atomic E-state index is 13.2. The molecule has 1 unspecified atom stereocenters. The van der Waals surface area contributed by atoms with Gasteiger partial charge < -0.3 is 11.1 Å². The molecule has 4 aromatic rings. The molecular weight excluding hydrogens is 434 g/mol. The molecule has 1 aromatic heterocycles. The number of aromatic nitrogens is 1. The molecule has 0 aliphatic heterocycles. The van der Waals surface area contributed by atoms with Crippen molar-refractivity contribution in [2.45, 2.75) is 12.5 Å². The molecule has 4 rings (SSSR count). The molecule has 1 heterocycles. The highest BCUT2D eigenvalue weighted by molar-refractivity contribution is 7.13. The Labute approximate surface area is 195 Å². The van der Waals surface area contributed by atoms with Crippen molar-refractivity contribution in [1.29, 1.82) is 0 Å². The average molecular weight is 456 g/mol. The first-order valence-corrected chi connectivity index (χ1v) is 11.2. The summed E-state index contributed by atoms with van der Waals surface area (Å²) in [4.78, 5) is 41.9. The van der Waals surface area contributed by atoms with Crippen LogP contribution in [0.2, 0.25) is 0 Å². The van der Waals surface area contributed by atoms with Crippen LogP contribution in [0.1, 0.15) is 15.9 Å². The van der Waals surface area contributed by atoms with E-state index in [2.05, 4.69) is 5.32 Å². The quantitative estimate of drug-likeness (QED) is 0.394. The van der Waals surface area contributed by atoms with E-state index in [0.717, 1.165) is 16.8 Å². The fourth-order valence-electron chi connectivity index (χ4n) is 3.47. The molecule has 0 bridgehead atoms. The van der Waals surface area contributed by atoms with Crippen molar-refractivity contribution < 1.29 is 14.4 Å². The Balaban J connectivity index is 1.61. The number of rotatable bonds is 8. The van der Waals surface area contributed by atoms with Crippen LogP contribution in [0.3, 0.4) is 0 Å². The molecule has 33 heavy (non-hydrogen) atoms. The van der Waals surface area contributed by atoms with Gasteiger partial charge in [-0.15, -0.1) is 11.3 Å². The highest BCUT2D eigenvalue weighted by atomic mass is 32.1. The Kier molecular flexibility index (Phi) is 6.71. The Bertz CT molecular complexity index is 1290.